The van der Waals surface area contributed by atoms with Crippen LogP contribution in [0.1, 0.15) is 36.5 Å². The molecule has 1 unspecified atom stereocenters. The number of allylic oxidation sites excluding steroid dienone is 4. The van der Waals surface area contributed by atoms with E-state index in [4.69, 9.17) is 4.74 Å². The summed E-state index contributed by atoms with van der Waals surface area (Å²) in [6.07, 6.45) is 13.2. The summed E-state index contributed by atoms with van der Waals surface area (Å²) in [5.74, 6) is -0.532. The van der Waals surface area contributed by atoms with Crippen LogP contribution >= 0.6 is 0 Å². The summed E-state index contributed by atoms with van der Waals surface area (Å²) in [6.45, 7) is 5.45. The first kappa shape index (κ1) is 24.5. The minimum absolute atomic E-state index is 0.00325. The monoisotopic (exact) mass is 518 g/mol. The number of benzene rings is 1. The van der Waals surface area contributed by atoms with E-state index in [0.29, 0.717) is 46.0 Å². The van der Waals surface area contributed by atoms with Crippen molar-refractivity contribution < 1.29 is 17.9 Å². The molecule has 9 nitrogen and oxygen atoms in total. The summed E-state index contributed by atoms with van der Waals surface area (Å²) in [4.78, 5) is 35.5. The maximum atomic E-state index is 14.1. The molecule has 4 aromatic rings. The Hall–Kier alpha value is -4.18. The van der Waals surface area contributed by atoms with Gasteiger partial charge in [0.15, 0.2) is 0 Å². The van der Waals surface area contributed by atoms with E-state index in [9.17, 15) is 18.0 Å². The normalized spacial score (nSPS) is 17.7. The van der Waals surface area contributed by atoms with E-state index in [1.807, 2.05) is 18.2 Å². The standard InChI is InChI=1S/C27H26N4O5S/c1-4-5-8-18-9-6-7-11-27(18,2)37(34,35)31-12-10-19-21(15-28-25(32)24(19)31)20-13-17(26(33)36-3)14-22-23(20)30-16-29-22/h4,6-7,9-10,12-16H,1,5,8,11H2,2-3H3,(H,28,32)(H,29,30). The Kier molecular flexibility index (Phi) is 5.99. The first-order valence-corrected chi connectivity index (χ1v) is 13.2. The van der Waals surface area contributed by atoms with E-state index >= 15 is 0 Å². The number of nitrogens with zero attached hydrogens (tertiary/aromatic N) is 2. The van der Waals surface area contributed by atoms with Crippen LogP contribution in [0.25, 0.3) is 33.1 Å². The number of fused-ring (bicyclic) bond motifs is 2. The molecular weight excluding hydrogens is 492 g/mol. The molecule has 0 saturated carbocycles. The van der Waals surface area contributed by atoms with Crippen molar-refractivity contribution in [1.82, 2.24) is 18.9 Å². The van der Waals surface area contributed by atoms with Gasteiger partial charge in [-0.15, -0.1) is 6.58 Å². The average Bonchev–Trinajstić information content (AvgIpc) is 3.56. The predicted molar refractivity (Wildman–Crippen MR) is 143 cm³/mol. The third-order valence-corrected chi connectivity index (χ3v) is 9.40. The van der Waals surface area contributed by atoms with Crippen molar-refractivity contribution in [2.45, 2.75) is 30.9 Å². The number of esters is 1. The number of H-pyrrole nitrogens is 2. The first-order chi connectivity index (χ1) is 17.7. The number of aromatic nitrogens is 4. The number of imidazole rings is 1. The van der Waals surface area contributed by atoms with Crippen LogP contribution in [-0.2, 0) is 14.8 Å². The Balaban J connectivity index is 1.73. The van der Waals surface area contributed by atoms with Crippen LogP contribution in [0.4, 0.5) is 0 Å². The SMILES string of the molecule is C=CCCC1=CC=CCC1(C)S(=O)(=O)n1ccc2c(-c3cc(C(=O)OC)cc4[nH]cnc34)c[nH]c(=O)c21. The van der Waals surface area contributed by atoms with Crippen molar-refractivity contribution in [3.8, 4) is 11.1 Å². The zero-order valence-corrected chi connectivity index (χ0v) is 21.3. The highest BCUT2D eigenvalue weighted by molar-refractivity contribution is 7.91. The number of carbonyl (C=O) groups is 1. The Morgan fingerprint density at radius 3 is 2.86 bits per heavy atom. The van der Waals surface area contributed by atoms with Gasteiger partial charge in [0.05, 0.1) is 30.0 Å². The van der Waals surface area contributed by atoms with Crippen LogP contribution < -0.4 is 5.56 Å². The van der Waals surface area contributed by atoms with Crippen LogP contribution in [0.5, 0.6) is 0 Å². The van der Waals surface area contributed by atoms with E-state index < -0.39 is 26.3 Å². The van der Waals surface area contributed by atoms with Gasteiger partial charge in [-0.3, -0.25) is 4.79 Å². The second-order valence-electron chi connectivity index (χ2n) is 9.11. The van der Waals surface area contributed by atoms with Gasteiger partial charge in [0.1, 0.15) is 10.3 Å². The molecule has 0 spiro atoms. The van der Waals surface area contributed by atoms with E-state index in [-0.39, 0.29) is 11.9 Å². The molecule has 0 fully saturated rings. The summed E-state index contributed by atoms with van der Waals surface area (Å²) in [5, 5.41) is 0.421. The number of hydrogen-bond donors (Lipinski definition) is 2. The summed E-state index contributed by atoms with van der Waals surface area (Å²) in [5.41, 5.74) is 2.76. The topological polar surface area (TPSA) is 127 Å². The lowest BCUT2D eigenvalue weighted by molar-refractivity contribution is 0.0601. The van der Waals surface area contributed by atoms with Gasteiger partial charge in [0.2, 0.25) is 10.0 Å². The second kappa shape index (κ2) is 9.04. The molecule has 2 N–H and O–H groups in total. The van der Waals surface area contributed by atoms with Gasteiger partial charge in [-0.1, -0.05) is 24.3 Å². The van der Waals surface area contributed by atoms with Crippen molar-refractivity contribution in [3.05, 3.63) is 89.3 Å². The van der Waals surface area contributed by atoms with Crippen molar-refractivity contribution in [2.24, 2.45) is 0 Å². The molecule has 190 valence electrons. The molecule has 1 aliphatic rings. The molecule has 0 bridgehead atoms. The molecule has 0 radical (unpaired) electrons. The van der Waals surface area contributed by atoms with Gasteiger partial charge in [0.25, 0.3) is 5.56 Å². The zero-order valence-electron chi connectivity index (χ0n) is 20.4. The fourth-order valence-corrected chi connectivity index (χ4v) is 6.82. The smallest absolute Gasteiger partial charge is 0.337 e. The van der Waals surface area contributed by atoms with Gasteiger partial charge < -0.3 is 14.7 Å². The largest absolute Gasteiger partial charge is 0.465 e. The van der Waals surface area contributed by atoms with Crippen molar-refractivity contribution in [3.63, 3.8) is 0 Å². The van der Waals surface area contributed by atoms with Gasteiger partial charge in [0, 0.05) is 28.9 Å². The van der Waals surface area contributed by atoms with E-state index in [1.54, 1.807) is 31.2 Å². The van der Waals surface area contributed by atoms with E-state index in [0.717, 1.165) is 9.55 Å². The van der Waals surface area contributed by atoms with Gasteiger partial charge in [-0.05, 0) is 50.0 Å². The Morgan fingerprint density at radius 2 is 2.11 bits per heavy atom. The number of carbonyl (C=O) groups excluding carboxylic acids is 1. The highest BCUT2D eigenvalue weighted by atomic mass is 32.2. The van der Waals surface area contributed by atoms with Crippen LogP contribution in [0, 0.1) is 0 Å². The summed E-state index contributed by atoms with van der Waals surface area (Å²) >= 11 is 0. The van der Waals surface area contributed by atoms with Crippen LogP contribution in [0.3, 0.4) is 0 Å². The molecule has 0 aliphatic heterocycles. The van der Waals surface area contributed by atoms with Crippen LogP contribution in [0.15, 0.2) is 78.2 Å². The average molecular weight is 519 g/mol. The van der Waals surface area contributed by atoms with Gasteiger partial charge in [-0.2, -0.15) is 0 Å². The van der Waals surface area contributed by atoms with Crippen molar-refractivity contribution >= 4 is 37.9 Å². The number of hydrogen-bond acceptors (Lipinski definition) is 6. The molecule has 1 aliphatic carbocycles. The number of nitrogens with one attached hydrogen (secondary N) is 2. The lowest BCUT2D eigenvalue weighted by Crippen LogP contribution is -2.42. The van der Waals surface area contributed by atoms with E-state index in [1.165, 1.54) is 25.8 Å². The lowest BCUT2D eigenvalue weighted by atomic mass is 9.89. The van der Waals surface area contributed by atoms with E-state index in [2.05, 4.69) is 21.5 Å². The van der Waals surface area contributed by atoms with Crippen molar-refractivity contribution in [1.29, 1.82) is 0 Å². The minimum atomic E-state index is -4.06. The minimum Gasteiger partial charge on any atom is -0.465 e. The molecule has 5 rings (SSSR count). The number of pyridine rings is 1. The predicted octanol–water partition coefficient (Wildman–Crippen LogP) is 4.45. The Bertz CT molecular complexity index is 1790. The van der Waals surface area contributed by atoms with Crippen LogP contribution in [0.2, 0.25) is 0 Å². The zero-order chi connectivity index (χ0) is 26.4. The third kappa shape index (κ3) is 3.75. The number of aromatic amines is 2. The quantitative estimate of drug-likeness (QED) is 0.275. The highest BCUT2D eigenvalue weighted by Crippen LogP contribution is 2.39. The maximum absolute atomic E-state index is 14.1. The molecule has 10 heteroatoms. The number of rotatable bonds is 7. The van der Waals surface area contributed by atoms with Gasteiger partial charge >= 0.3 is 5.97 Å². The summed E-state index contributed by atoms with van der Waals surface area (Å²) < 4.78 is 33.0. The molecule has 3 heterocycles. The Labute approximate surface area is 213 Å². The molecule has 1 atom stereocenters. The molecule has 1 aromatic carbocycles. The van der Waals surface area contributed by atoms with Crippen molar-refractivity contribution in [2.75, 3.05) is 7.11 Å². The lowest BCUT2D eigenvalue weighted by Gasteiger charge is -2.33. The summed E-state index contributed by atoms with van der Waals surface area (Å²) in [6, 6.07) is 4.86. The fourth-order valence-electron chi connectivity index (χ4n) is 4.93. The molecule has 37 heavy (non-hydrogen) atoms. The molecule has 0 amide bonds. The van der Waals surface area contributed by atoms with Crippen LogP contribution in [-0.4, -0.2) is 45.2 Å². The number of methoxy groups -OCH3 is 1. The Morgan fingerprint density at radius 1 is 1.30 bits per heavy atom. The first-order valence-electron chi connectivity index (χ1n) is 11.7. The van der Waals surface area contributed by atoms with Gasteiger partial charge in [-0.25, -0.2) is 22.2 Å². The molecular formula is C27H26N4O5S. The maximum Gasteiger partial charge on any atom is 0.337 e. The second-order valence-corrected chi connectivity index (χ2v) is 11.4. The highest BCUT2D eigenvalue weighted by Gasteiger charge is 2.44. The fraction of sp³-hybridized carbons (Fsp3) is 0.222. The molecule has 3 aromatic heterocycles. The molecule has 0 saturated heterocycles. The third-order valence-electron chi connectivity index (χ3n) is 7.01. The summed E-state index contributed by atoms with van der Waals surface area (Å²) in [7, 11) is -2.76. The number of ether oxygens (including phenoxy) is 1.